The van der Waals surface area contributed by atoms with Crippen molar-refractivity contribution < 1.29 is 17.5 Å². The van der Waals surface area contributed by atoms with Gasteiger partial charge >= 0.3 is 0 Å². The molecule has 1 saturated carbocycles. The molecule has 0 aliphatic heterocycles. The minimum absolute atomic E-state index is 0.0300. The first-order valence-corrected chi connectivity index (χ1v) is 9.40. The molecule has 0 aromatic heterocycles. The van der Waals surface area contributed by atoms with E-state index in [1.54, 1.807) is 38.3 Å². The van der Waals surface area contributed by atoms with Crippen molar-refractivity contribution in [3.8, 4) is 5.75 Å². The lowest BCUT2D eigenvalue weighted by Crippen LogP contribution is -2.50. The Morgan fingerprint density at radius 1 is 1.32 bits per heavy atom. The number of hydrogen-bond donors (Lipinski definition) is 1. The summed E-state index contributed by atoms with van der Waals surface area (Å²) in [7, 11) is -1.88. The molecule has 0 bridgehead atoms. The van der Waals surface area contributed by atoms with Crippen molar-refractivity contribution in [3.05, 3.63) is 29.8 Å². The molecule has 1 aromatic carbocycles. The van der Waals surface area contributed by atoms with Crippen molar-refractivity contribution in [2.24, 2.45) is 0 Å². The third-order valence-corrected chi connectivity index (χ3v) is 5.79. The predicted octanol–water partition coefficient (Wildman–Crippen LogP) is 3.13. The Morgan fingerprint density at radius 3 is 2.59 bits per heavy atom. The van der Waals surface area contributed by atoms with E-state index < -0.39 is 21.7 Å². The summed E-state index contributed by atoms with van der Waals surface area (Å²) in [5.41, 5.74) is -1.15. The molecule has 1 aliphatic rings. The number of sulfonamides is 1. The maximum atomic E-state index is 15.6. The van der Waals surface area contributed by atoms with Gasteiger partial charge in [-0.15, -0.1) is 0 Å². The molecule has 124 valence electrons. The van der Waals surface area contributed by atoms with E-state index in [2.05, 4.69) is 4.72 Å². The van der Waals surface area contributed by atoms with E-state index in [1.165, 1.54) is 0 Å². The van der Waals surface area contributed by atoms with Gasteiger partial charge in [0.25, 0.3) is 0 Å². The summed E-state index contributed by atoms with van der Waals surface area (Å²) in [5.74, 6) is 0.689. The molecule has 0 heterocycles. The third kappa shape index (κ3) is 3.79. The fraction of sp³-hybridized carbons (Fsp3) is 0.625. The molecule has 1 aromatic rings. The number of benzene rings is 1. The van der Waals surface area contributed by atoms with Gasteiger partial charge in [0, 0.05) is 0 Å². The van der Waals surface area contributed by atoms with E-state index in [1.807, 2.05) is 0 Å². The normalized spacial score (nSPS) is 25.9. The molecular weight excluding hydrogens is 305 g/mol. The van der Waals surface area contributed by atoms with Crippen LogP contribution in [0.2, 0.25) is 0 Å². The van der Waals surface area contributed by atoms with Gasteiger partial charge in [0.05, 0.1) is 18.9 Å². The summed E-state index contributed by atoms with van der Waals surface area (Å²) in [4.78, 5) is 0. The lowest BCUT2D eigenvalue weighted by atomic mass is 9.77. The maximum absolute atomic E-state index is 15.6. The zero-order valence-electron chi connectivity index (χ0n) is 13.1. The summed E-state index contributed by atoms with van der Waals surface area (Å²) in [6, 6.07) is 6.09. The Hall–Kier alpha value is -1.14. The molecule has 4 nitrogen and oxygen atoms in total. The van der Waals surface area contributed by atoms with Gasteiger partial charge in [0.15, 0.2) is 5.67 Å². The molecule has 0 radical (unpaired) electrons. The summed E-state index contributed by atoms with van der Waals surface area (Å²) in [6.07, 6.45) is 2.96. The monoisotopic (exact) mass is 329 g/mol. The Morgan fingerprint density at radius 2 is 2.00 bits per heavy atom. The number of alkyl halides is 1. The van der Waals surface area contributed by atoms with Gasteiger partial charge in [-0.25, -0.2) is 17.5 Å². The molecule has 2 unspecified atom stereocenters. The second kappa shape index (κ2) is 6.96. The van der Waals surface area contributed by atoms with Crippen LogP contribution in [-0.2, 0) is 15.7 Å². The highest BCUT2D eigenvalue weighted by Gasteiger charge is 2.44. The van der Waals surface area contributed by atoms with Gasteiger partial charge in [-0.05, 0) is 43.4 Å². The van der Waals surface area contributed by atoms with Crippen LogP contribution in [0, 0.1) is 0 Å². The highest BCUT2D eigenvalue weighted by Crippen LogP contribution is 2.41. The minimum atomic E-state index is -3.44. The molecule has 2 atom stereocenters. The second-order valence-electron chi connectivity index (χ2n) is 5.83. The number of nitrogens with one attached hydrogen (secondary N) is 1. The van der Waals surface area contributed by atoms with Crippen LogP contribution in [0.15, 0.2) is 24.3 Å². The van der Waals surface area contributed by atoms with Gasteiger partial charge < -0.3 is 4.74 Å². The molecule has 6 heteroatoms. The lowest BCUT2D eigenvalue weighted by Gasteiger charge is -2.38. The predicted molar refractivity (Wildman–Crippen MR) is 85.2 cm³/mol. The van der Waals surface area contributed by atoms with Crippen LogP contribution >= 0.6 is 0 Å². The fourth-order valence-electron chi connectivity index (χ4n) is 3.04. The van der Waals surface area contributed by atoms with Crippen LogP contribution in [0.4, 0.5) is 4.39 Å². The quantitative estimate of drug-likeness (QED) is 0.872. The van der Waals surface area contributed by atoms with Crippen molar-refractivity contribution in [2.45, 2.75) is 50.7 Å². The molecule has 22 heavy (non-hydrogen) atoms. The first-order chi connectivity index (χ1) is 10.4. The van der Waals surface area contributed by atoms with Crippen molar-refractivity contribution in [3.63, 3.8) is 0 Å². The first kappa shape index (κ1) is 17.2. The average Bonchev–Trinajstić information content (AvgIpc) is 2.49. The number of rotatable bonds is 6. The zero-order chi connectivity index (χ0) is 16.2. The summed E-state index contributed by atoms with van der Waals surface area (Å²) in [6.45, 7) is 1.80. The van der Waals surface area contributed by atoms with Crippen molar-refractivity contribution in [1.82, 2.24) is 4.72 Å². The largest absolute Gasteiger partial charge is 0.497 e. The number of ether oxygens (including phenoxy) is 1. The Labute approximate surface area is 132 Å². The van der Waals surface area contributed by atoms with Crippen LogP contribution in [0.3, 0.4) is 0 Å². The fourth-order valence-corrected chi connectivity index (χ4v) is 4.44. The van der Waals surface area contributed by atoms with Gasteiger partial charge in [-0.2, -0.15) is 0 Å². The van der Waals surface area contributed by atoms with Gasteiger partial charge in [0.2, 0.25) is 10.0 Å². The van der Waals surface area contributed by atoms with Crippen molar-refractivity contribution >= 4 is 10.0 Å². The standard InChI is InChI=1S/C16H24FNO3S/c1-3-12-22(19,20)18-15-6-4-5-11-16(15,17)13-7-9-14(21-2)10-8-13/h7-10,15,18H,3-6,11-12H2,1-2H3. The minimum Gasteiger partial charge on any atom is -0.497 e. The van der Waals surface area contributed by atoms with Crippen molar-refractivity contribution in [1.29, 1.82) is 0 Å². The Kier molecular flexibility index (Phi) is 5.45. The molecule has 0 spiro atoms. The van der Waals surface area contributed by atoms with E-state index >= 15 is 4.39 Å². The zero-order valence-corrected chi connectivity index (χ0v) is 14.0. The van der Waals surface area contributed by atoms with E-state index in [-0.39, 0.29) is 5.75 Å². The lowest BCUT2D eigenvalue weighted by molar-refractivity contribution is 0.0713. The van der Waals surface area contributed by atoms with Gasteiger partial charge in [-0.1, -0.05) is 25.5 Å². The molecule has 0 saturated heterocycles. The molecule has 1 fully saturated rings. The highest BCUT2D eigenvalue weighted by molar-refractivity contribution is 7.89. The SMILES string of the molecule is CCCS(=O)(=O)NC1CCCCC1(F)c1ccc(OC)cc1. The molecule has 1 N–H and O–H groups in total. The van der Waals surface area contributed by atoms with Crippen LogP contribution in [0.1, 0.15) is 44.6 Å². The Balaban J connectivity index is 2.26. The van der Waals surface area contributed by atoms with Gasteiger partial charge in [0.1, 0.15) is 5.75 Å². The van der Waals surface area contributed by atoms with E-state index in [0.717, 1.165) is 12.8 Å². The highest BCUT2D eigenvalue weighted by atomic mass is 32.2. The van der Waals surface area contributed by atoms with E-state index in [0.29, 0.717) is 30.6 Å². The van der Waals surface area contributed by atoms with Crippen LogP contribution in [0.25, 0.3) is 0 Å². The third-order valence-electron chi connectivity index (χ3n) is 4.20. The summed E-state index contributed by atoms with van der Waals surface area (Å²) >= 11 is 0. The number of hydrogen-bond acceptors (Lipinski definition) is 3. The van der Waals surface area contributed by atoms with E-state index in [4.69, 9.17) is 4.74 Å². The second-order valence-corrected chi connectivity index (χ2v) is 7.70. The van der Waals surface area contributed by atoms with Crippen LogP contribution < -0.4 is 9.46 Å². The van der Waals surface area contributed by atoms with Gasteiger partial charge in [-0.3, -0.25) is 0 Å². The van der Waals surface area contributed by atoms with Crippen LogP contribution in [-0.4, -0.2) is 27.3 Å². The smallest absolute Gasteiger partial charge is 0.211 e. The number of halogens is 1. The van der Waals surface area contributed by atoms with E-state index in [9.17, 15) is 8.42 Å². The number of methoxy groups -OCH3 is 1. The summed E-state index contributed by atoms with van der Waals surface area (Å²) in [5, 5.41) is 0. The molecular formula is C16H24FNO3S. The molecule has 1 aliphatic carbocycles. The molecule has 2 rings (SSSR count). The maximum Gasteiger partial charge on any atom is 0.211 e. The Bertz CT molecular complexity index is 588. The topological polar surface area (TPSA) is 55.4 Å². The summed E-state index contributed by atoms with van der Waals surface area (Å²) < 4.78 is 47.3. The average molecular weight is 329 g/mol. The first-order valence-electron chi connectivity index (χ1n) is 7.75. The molecule has 0 amide bonds. The van der Waals surface area contributed by atoms with Crippen molar-refractivity contribution in [2.75, 3.05) is 12.9 Å². The van der Waals surface area contributed by atoms with Crippen LogP contribution in [0.5, 0.6) is 5.75 Å².